The molecule has 0 aliphatic rings. The summed E-state index contributed by atoms with van der Waals surface area (Å²) < 4.78 is 0. The Labute approximate surface area is 161 Å². The summed E-state index contributed by atoms with van der Waals surface area (Å²) in [6, 6.07) is 7.79. The van der Waals surface area contributed by atoms with Crippen molar-refractivity contribution >= 4 is 11.4 Å². The van der Waals surface area contributed by atoms with E-state index in [1.54, 1.807) is 0 Å². The highest BCUT2D eigenvalue weighted by atomic mass is 16.6. The number of hydrogen-bond acceptors (Lipinski definition) is 8. The summed E-state index contributed by atoms with van der Waals surface area (Å²) in [6.07, 6.45) is 0. The molecule has 0 aromatic heterocycles. The minimum Gasteiger partial charge on any atom is -0.508 e. The number of rotatable bonds is 9. The molecule has 0 unspecified atom stereocenters. The zero-order valence-corrected chi connectivity index (χ0v) is 15.6. The molecule has 0 radical (unpaired) electrons. The zero-order valence-electron chi connectivity index (χ0n) is 15.6. The van der Waals surface area contributed by atoms with E-state index < -0.39 is 9.85 Å². The van der Waals surface area contributed by atoms with E-state index in [1.165, 1.54) is 36.4 Å². The van der Waals surface area contributed by atoms with Crippen LogP contribution < -0.4 is 0 Å². The lowest BCUT2D eigenvalue weighted by atomic mass is 10.1. The number of aromatic hydroxyl groups is 2. The molecule has 2 aromatic carbocycles. The molecule has 10 nitrogen and oxygen atoms in total. The molecule has 0 amide bonds. The van der Waals surface area contributed by atoms with E-state index in [-0.39, 0.29) is 22.9 Å². The number of hydrogen-bond donors (Lipinski definition) is 2. The van der Waals surface area contributed by atoms with Crippen LogP contribution in [0.2, 0.25) is 0 Å². The Bertz CT molecular complexity index is 802. The summed E-state index contributed by atoms with van der Waals surface area (Å²) in [5, 5.41) is 41.5. The van der Waals surface area contributed by atoms with Crippen molar-refractivity contribution in [1.82, 2.24) is 9.80 Å². The lowest BCUT2D eigenvalue weighted by Crippen LogP contribution is -2.30. The summed E-state index contributed by atoms with van der Waals surface area (Å²) >= 11 is 0. The third-order valence-corrected chi connectivity index (χ3v) is 4.29. The zero-order chi connectivity index (χ0) is 20.8. The Hall–Kier alpha value is -3.24. The van der Waals surface area contributed by atoms with Crippen LogP contribution in [0.4, 0.5) is 11.4 Å². The van der Waals surface area contributed by atoms with E-state index >= 15 is 0 Å². The first-order chi connectivity index (χ1) is 13.2. The van der Waals surface area contributed by atoms with Gasteiger partial charge in [0.05, 0.1) is 9.85 Å². The van der Waals surface area contributed by atoms with E-state index in [9.17, 15) is 30.4 Å². The van der Waals surface area contributed by atoms with Gasteiger partial charge in [0, 0.05) is 61.6 Å². The van der Waals surface area contributed by atoms with E-state index in [1.807, 2.05) is 23.9 Å². The molecule has 0 aliphatic carbocycles. The molecule has 150 valence electrons. The second kappa shape index (κ2) is 9.11. The molecule has 0 atom stereocenters. The Morgan fingerprint density at radius 1 is 0.786 bits per heavy atom. The first-order valence-corrected chi connectivity index (χ1v) is 8.47. The van der Waals surface area contributed by atoms with Gasteiger partial charge in [-0.25, -0.2) is 0 Å². The number of benzene rings is 2. The van der Waals surface area contributed by atoms with E-state index in [0.29, 0.717) is 37.3 Å². The van der Waals surface area contributed by atoms with Crippen molar-refractivity contribution in [2.75, 3.05) is 27.2 Å². The third kappa shape index (κ3) is 5.63. The van der Waals surface area contributed by atoms with Crippen molar-refractivity contribution < 1.29 is 20.1 Å². The molecular weight excluding hydrogens is 368 g/mol. The second-order valence-electron chi connectivity index (χ2n) is 6.62. The smallest absolute Gasteiger partial charge is 0.270 e. The molecule has 28 heavy (non-hydrogen) atoms. The van der Waals surface area contributed by atoms with Crippen LogP contribution in [0, 0.1) is 20.2 Å². The number of nitro groups is 2. The van der Waals surface area contributed by atoms with Crippen molar-refractivity contribution in [2.24, 2.45) is 0 Å². The summed E-state index contributed by atoms with van der Waals surface area (Å²) in [5.41, 5.74) is 0.741. The molecule has 0 saturated carbocycles. The molecule has 10 heteroatoms. The summed E-state index contributed by atoms with van der Waals surface area (Å²) in [5.74, 6) is -0.0142. The maximum atomic E-state index is 10.9. The van der Waals surface area contributed by atoms with Gasteiger partial charge in [-0.2, -0.15) is 0 Å². The SMILES string of the molecule is CN(CCN(C)Cc1cc([N+](=O)[O-])ccc1O)Cc1cc([N+](=O)[O-])ccc1O. The van der Waals surface area contributed by atoms with Crippen LogP contribution in [0.1, 0.15) is 11.1 Å². The highest BCUT2D eigenvalue weighted by Crippen LogP contribution is 2.25. The summed E-state index contributed by atoms with van der Waals surface area (Å²) in [4.78, 5) is 24.5. The van der Waals surface area contributed by atoms with Gasteiger partial charge in [0.15, 0.2) is 0 Å². The molecule has 2 N–H and O–H groups in total. The van der Waals surface area contributed by atoms with Crippen LogP contribution in [0.5, 0.6) is 11.5 Å². The second-order valence-corrected chi connectivity index (χ2v) is 6.62. The molecule has 0 bridgehead atoms. The van der Waals surface area contributed by atoms with Crippen LogP contribution in [-0.4, -0.2) is 57.0 Å². The van der Waals surface area contributed by atoms with Crippen LogP contribution in [0.25, 0.3) is 0 Å². The van der Waals surface area contributed by atoms with Gasteiger partial charge >= 0.3 is 0 Å². The molecule has 0 saturated heterocycles. The average Bonchev–Trinajstić information content (AvgIpc) is 2.63. The maximum Gasteiger partial charge on any atom is 0.270 e. The van der Waals surface area contributed by atoms with Gasteiger partial charge in [-0.15, -0.1) is 0 Å². The van der Waals surface area contributed by atoms with Gasteiger partial charge in [-0.1, -0.05) is 0 Å². The molecule has 0 aliphatic heterocycles. The minimum absolute atomic E-state index is 0.00711. The maximum absolute atomic E-state index is 10.9. The van der Waals surface area contributed by atoms with Gasteiger partial charge in [0.25, 0.3) is 11.4 Å². The number of likely N-dealkylation sites (N-methyl/N-ethyl adjacent to an activating group) is 2. The van der Waals surface area contributed by atoms with Crippen LogP contribution in [-0.2, 0) is 13.1 Å². The standard InChI is InChI=1S/C18H22N4O6/c1-19(11-13-9-15(21(25)26)3-5-17(13)23)7-8-20(2)12-14-10-16(22(27)28)4-6-18(14)24/h3-6,9-10,23-24H,7-8,11-12H2,1-2H3. The highest BCUT2D eigenvalue weighted by molar-refractivity contribution is 5.43. The van der Waals surface area contributed by atoms with E-state index in [2.05, 4.69) is 0 Å². The van der Waals surface area contributed by atoms with Crippen LogP contribution >= 0.6 is 0 Å². The molecule has 2 aromatic rings. The normalized spacial score (nSPS) is 11.1. The lowest BCUT2D eigenvalue weighted by molar-refractivity contribution is -0.385. The average molecular weight is 390 g/mol. The number of phenolic OH excluding ortho intramolecular Hbond substituents is 2. The van der Waals surface area contributed by atoms with Gasteiger partial charge < -0.3 is 20.0 Å². The highest BCUT2D eigenvalue weighted by Gasteiger charge is 2.14. The van der Waals surface area contributed by atoms with Crippen molar-refractivity contribution in [3.63, 3.8) is 0 Å². The van der Waals surface area contributed by atoms with Crippen LogP contribution in [0.15, 0.2) is 36.4 Å². The van der Waals surface area contributed by atoms with E-state index in [0.717, 1.165) is 0 Å². The largest absolute Gasteiger partial charge is 0.508 e. The van der Waals surface area contributed by atoms with Crippen molar-refractivity contribution in [3.8, 4) is 11.5 Å². The molecule has 2 rings (SSSR count). The number of nitro benzene ring substituents is 2. The Morgan fingerprint density at radius 3 is 1.46 bits per heavy atom. The molecule has 0 fully saturated rings. The van der Waals surface area contributed by atoms with Gasteiger partial charge in [0.2, 0.25) is 0 Å². The minimum atomic E-state index is -0.512. The number of phenols is 2. The first kappa shape index (κ1) is 21.1. The number of nitrogens with zero attached hydrogens (tertiary/aromatic N) is 4. The van der Waals surface area contributed by atoms with Gasteiger partial charge in [-0.05, 0) is 26.2 Å². The van der Waals surface area contributed by atoms with Crippen molar-refractivity contribution in [1.29, 1.82) is 0 Å². The molecule has 0 spiro atoms. The van der Waals surface area contributed by atoms with Gasteiger partial charge in [-0.3, -0.25) is 20.2 Å². The number of non-ortho nitro benzene ring substituents is 2. The quantitative estimate of drug-likeness (QED) is 0.493. The van der Waals surface area contributed by atoms with Crippen molar-refractivity contribution in [3.05, 3.63) is 67.8 Å². The Balaban J connectivity index is 1.93. The fourth-order valence-corrected chi connectivity index (χ4v) is 2.71. The van der Waals surface area contributed by atoms with E-state index in [4.69, 9.17) is 0 Å². The predicted molar refractivity (Wildman–Crippen MR) is 102 cm³/mol. The Kier molecular flexibility index (Phi) is 6.85. The fourth-order valence-electron chi connectivity index (χ4n) is 2.71. The third-order valence-electron chi connectivity index (χ3n) is 4.29. The topological polar surface area (TPSA) is 133 Å². The fraction of sp³-hybridized carbons (Fsp3) is 0.333. The monoisotopic (exact) mass is 390 g/mol. The summed E-state index contributed by atoms with van der Waals surface area (Å²) in [7, 11) is 3.63. The predicted octanol–water partition coefficient (Wildman–Crippen LogP) is 2.48. The summed E-state index contributed by atoms with van der Waals surface area (Å²) in [6.45, 7) is 1.80. The Morgan fingerprint density at radius 2 is 1.14 bits per heavy atom. The van der Waals surface area contributed by atoms with Crippen LogP contribution in [0.3, 0.4) is 0 Å². The lowest BCUT2D eigenvalue weighted by Gasteiger charge is -2.22. The van der Waals surface area contributed by atoms with Gasteiger partial charge in [0.1, 0.15) is 11.5 Å². The first-order valence-electron chi connectivity index (χ1n) is 8.47. The molecule has 0 heterocycles. The van der Waals surface area contributed by atoms with Crippen molar-refractivity contribution in [2.45, 2.75) is 13.1 Å². The molecular formula is C18H22N4O6.